The summed E-state index contributed by atoms with van der Waals surface area (Å²) in [4.78, 5) is 9.61. The lowest BCUT2D eigenvalue weighted by atomic mass is 10.4. The lowest BCUT2D eigenvalue weighted by Crippen LogP contribution is -1.94. The first-order valence-corrected chi connectivity index (χ1v) is 2.86. The van der Waals surface area contributed by atoms with E-state index in [0.717, 1.165) is 0 Å². The Balaban J connectivity index is 0. The van der Waals surface area contributed by atoms with E-state index in [0.29, 0.717) is 0 Å². The second-order valence-corrected chi connectivity index (χ2v) is 2.10. The van der Waals surface area contributed by atoms with Crippen molar-refractivity contribution in [3.63, 3.8) is 0 Å². The molecule has 3 nitrogen and oxygen atoms in total. The summed E-state index contributed by atoms with van der Waals surface area (Å²) < 4.78 is 0. The highest BCUT2D eigenvalue weighted by Gasteiger charge is 1.97. The molecule has 0 aliphatic heterocycles. The highest BCUT2D eigenvalue weighted by Crippen LogP contribution is 1.81. The fourth-order valence-electron chi connectivity index (χ4n) is 0.0478. The van der Waals surface area contributed by atoms with Gasteiger partial charge in [0.1, 0.15) is 11.6 Å². The van der Waals surface area contributed by atoms with Crippen LogP contribution in [0.5, 0.6) is 0 Å². The molecule has 0 aromatic rings. The lowest BCUT2D eigenvalue weighted by Gasteiger charge is -1.76. The molecular formula is C8H11NO2. The number of rotatable bonds is 1. The number of nitriles is 1. The van der Waals surface area contributed by atoms with Gasteiger partial charge in [-0.05, 0) is 13.8 Å². The molecule has 0 unspecified atom stereocenters. The van der Waals surface area contributed by atoms with Gasteiger partial charge in [-0.2, -0.15) is 5.26 Å². The minimum absolute atomic E-state index is 0.431. The van der Waals surface area contributed by atoms with Gasteiger partial charge in [-0.1, -0.05) is 12.2 Å². The first-order valence-electron chi connectivity index (χ1n) is 2.86. The first kappa shape index (κ1) is 12.1. The summed E-state index contributed by atoms with van der Waals surface area (Å²) in [5, 5.41) is 15.6. The van der Waals surface area contributed by atoms with E-state index in [9.17, 15) is 4.79 Å². The van der Waals surface area contributed by atoms with E-state index in [-0.39, 0.29) is 0 Å². The fourth-order valence-corrected chi connectivity index (χ4v) is 0.0478. The van der Waals surface area contributed by atoms with E-state index in [1.807, 2.05) is 13.8 Å². The van der Waals surface area contributed by atoms with E-state index in [1.165, 1.54) is 11.6 Å². The monoisotopic (exact) mass is 153 g/mol. The molecule has 0 spiro atoms. The summed E-state index contributed by atoms with van der Waals surface area (Å²) in [6, 6.07) is 1.37. The number of carboxylic acid groups (broad SMARTS) is 1. The van der Waals surface area contributed by atoms with Gasteiger partial charge in [0.25, 0.3) is 0 Å². The highest BCUT2D eigenvalue weighted by molar-refractivity contribution is 5.90. The van der Waals surface area contributed by atoms with Crippen molar-refractivity contribution in [2.24, 2.45) is 0 Å². The first-order chi connectivity index (χ1) is 4.91. The highest BCUT2D eigenvalue weighted by atomic mass is 16.4. The summed E-state index contributed by atoms with van der Waals surface area (Å²) in [7, 11) is 0. The molecule has 60 valence electrons. The molecule has 0 bridgehead atoms. The van der Waals surface area contributed by atoms with Gasteiger partial charge in [-0.3, -0.25) is 0 Å². The number of nitrogens with zero attached hydrogens (tertiary/aromatic N) is 1. The van der Waals surface area contributed by atoms with Crippen molar-refractivity contribution < 1.29 is 9.90 Å². The Morgan fingerprint density at radius 2 is 1.73 bits per heavy atom. The Hall–Kier alpha value is -1.56. The van der Waals surface area contributed by atoms with Crippen LogP contribution in [0.25, 0.3) is 0 Å². The molecule has 0 aliphatic carbocycles. The third-order valence-corrected chi connectivity index (χ3v) is 0.393. The smallest absolute Gasteiger partial charge is 0.345 e. The molecular weight excluding hydrogens is 142 g/mol. The van der Waals surface area contributed by atoms with Crippen molar-refractivity contribution in [1.29, 1.82) is 5.26 Å². The van der Waals surface area contributed by atoms with Gasteiger partial charge in [0, 0.05) is 0 Å². The molecule has 0 saturated carbocycles. The Labute approximate surface area is 66.3 Å². The van der Waals surface area contributed by atoms with Crippen molar-refractivity contribution in [2.45, 2.75) is 13.8 Å². The van der Waals surface area contributed by atoms with Crippen LogP contribution in [0.2, 0.25) is 0 Å². The van der Waals surface area contributed by atoms with Gasteiger partial charge in [0.15, 0.2) is 0 Å². The normalized spacial score (nSPS) is 6.64. The topological polar surface area (TPSA) is 61.1 Å². The number of carboxylic acids is 1. The standard InChI is InChI=1S/C4H3NO2.C4H8/c1-3(2-5)4(6)7;1-4(2)3/h1H2,(H,6,7);1H2,2-3H3. The summed E-state index contributed by atoms with van der Waals surface area (Å²) >= 11 is 0. The van der Waals surface area contributed by atoms with Crippen LogP contribution in [0.3, 0.4) is 0 Å². The van der Waals surface area contributed by atoms with Gasteiger partial charge in [-0.25, -0.2) is 4.79 Å². The summed E-state index contributed by atoms with van der Waals surface area (Å²) in [5.41, 5.74) is 0.736. The zero-order valence-corrected chi connectivity index (χ0v) is 6.72. The molecule has 0 rings (SSSR count). The average molecular weight is 153 g/mol. The average Bonchev–Trinajstić information content (AvgIpc) is 1.85. The molecule has 0 aromatic heterocycles. The molecule has 0 radical (unpaired) electrons. The van der Waals surface area contributed by atoms with Crippen LogP contribution in [0, 0.1) is 11.3 Å². The van der Waals surface area contributed by atoms with Crippen molar-refractivity contribution in [2.75, 3.05) is 0 Å². The van der Waals surface area contributed by atoms with E-state index in [4.69, 9.17) is 10.4 Å². The van der Waals surface area contributed by atoms with Crippen LogP contribution in [0.1, 0.15) is 13.8 Å². The minimum atomic E-state index is -1.26. The van der Waals surface area contributed by atoms with Crippen LogP contribution < -0.4 is 0 Å². The number of hydrogen-bond acceptors (Lipinski definition) is 2. The Kier molecular flexibility index (Phi) is 7.24. The number of aliphatic carboxylic acids is 1. The Morgan fingerprint density at radius 1 is 1.45 bits per heavy atom. The molecule has 0 fully saturated rings. The SMILES string of the molecule is C=C(C#N)C(=O)O.C=C(C)C. The molecule has 0 aliphatic rings. The molecule has 1 N–H and O–H groups in total. The van der Waals surface area contributed by atoms with E-state index in [1.54, 1.807) is 0 Å². The van der Waals surface area contributed by atoms with Crippen molar-refractivity contribution in [3.05, 3.63) is 24.3 Å². The van der Waals surface area contributed by atoms with Gasteiger partial charge >= 0.3 is 5.97 Å². The van der Waals surface area contributed by atoms with Crippen LogP contribution in [-0.2, 0) is 4.79 Å². The van der Waals surface area contributed by atoms with Crippen LogP contribution in [0.4, 0.5) is 0 Å². The van der Waals surface area contributed by atoms with Crippen LogP contribution in [-0.4, -0.2) is 11.1 Å². The van der Waals surface area contributed by atoms with Gasteiger partial charge < -0.3 is 5.11 Å². The van der Waals surface area contributed by atoms with E-state index in [2.05, 4.69) is 13.2 Å². The third-order valence-electron chi connectivity index (χ3n) is 0.393. The Morgan fingerprint density at radius 3 is 1.73 bits per heavy atom. The predicted molar refractivity (Wildman–Crippen MR) is 42.9 cm³/mol. The predicted octanol–water partition coefficient (Wildman–Crippen LogP) is 1.73. The second-order valence-electron chi connectivity index (χ2n) is 2.10. The van der Waals surface area contributed by atoms with Gasteiger partial charge in [-0.15, -0.1) is 6.58 Å². The Bertz CT molecular complexity index is 207. The molecule has 11 heavy (non-hydrogen) atoms. The van der Waals surface area contributed by atoms with E-state index < -0.39 is 11.5 Å². The molecule has 0 heterocycles. The maximum Gasteiger partial charge on any atom is 0.345 e. The molecule has 0 atom stereocenters. The van der Waals surface area contributed by atoms with E-state index >= 15 is 0 Å². The number of allylic oxidation sites excluding steroid dienone is 1. The quantitative estimate of drug-likeness (QED) is 0.354. The zero-order valence-electron chi connectivity index (χ0n) is 6.72. The number of carbonyl (C=O) groups is 1. The third kappa shape index (κ3) is 17.8. The van der Waals surface area contributed by atoms with Crippen molar-refractivity contribution in [3.8, 4) is 6.07 Å². The zero-order chi connectivity index (χ0) is 9.44. The molecule has 0 aromatic carbocycles. The summed E-state index contributed by atoms with van der Waals surface area (Å²) in [5.74, 6) is -1.26. The van der Waals surface area contributed by atoms with Gasteiger partial charge in [0.05, 0.1) is 0 Å². The van der Waals surface area contributed by atoms with Gasteiger partial charge in [0.2, 0.25) is 0 Å². The summed E-state index contributed by atoms with van der Waals surface area (Å²) in [6.45, 7) is 10.4. The number of hydrogen-bond donors (Lipinski definition) is 1. The minimum Gasteiger partial charge on any atom is -0.477 e. The fraction of sp³-hybridized carbons (Fsp3) is 0.250. The van der Waals surface area contributed by atoms with Crippen LogP contribution in [0.15, 0.2) is 24.3 Å². The molecule has 3 heteroatoms. The lowest BCUT2D eigenvalue weighted by molar-refractivity contribution is -0.132. The maximum absolute atomic E-state index is 9.61. The molecule has 0 saturated heterocycles. The molecule has 0 amide bonds. The van der Waals surface area contributed by atoms with Crippen molar-refractivity contribution in [1.82, 2.24) is 0 Å². The second kappa shape index (κ2) is 6.56. The summed E-state index contributed by atoms with van der Waals surface area (Å²) in [6.07, 6.45) is 0. The van der Waals surface area contributed by atoms with Crippen LogP contribution >= 0.6 is 0 Å². The van der Waals surface area contributed by atoms with Crippen molar-refractivity contribution >= 4 is 5.97 Å². The maximum atomic E-state index is 9.61. The largest absolute Gasteiger partial charge is 0.477 e.